The molecular weight excluding hydrogens is 442 g/mol. The number of hydrogen-bond donors (Lipinski definition) is 1. The number of aromatic nitrogens is 6. The Morgan fingerprint density at radius 2 is 1.94 bits per heavy atom. The Bertz CT molecular complexity index is 1400. The SMILES string of the molecule is COc1cc(NC(=O)Cn2nc(-c3ccc4c(c3)OCCO4)ccc2=O)ccc1-n1cnnn1. The van der Waals surface area contributed by atoms with Crippen molar-refractivity contribution in [3.8, 4) is 34.2 Å². The molecule has 0 saturated carbocycles. The van der Waals surface area contributed by atoms with Crippen LogP contribution in [-0.4, -0.2) is 56.2 Å². The second-order valence-corrected chi connectivity index (χ2v) is 7.26. The Morgan fingerprint density at radius 1 is 1.09 bits per heavy atom. The maximum absolute atomic E-state index is 12.7. The van der Waals surface area contributed by atoms with Gasteiger partial charge in [-0.3, -0.25) is 9.59 Å². The van der Waals surface area contributed by atoms with Crippen molar-refractivity contribution in [2.24, 2.45) is 0 Å². The molecule has 1 aliphatic rings. The highest BCUT2D eigenvalue weighted by Crippen LogP contribution is 2.33. The quantitative estimate of drug-likeness (QED) is 0.451. The fourth-order valence-electron chi connectivity index (χ4n) is 3.47. The first-order valence-electron chi connectivity index (χ1n) is 10.3. The van der Waals surface area contributed by atoms with Gasteiger partial charge in [-0.05, 0) is 46.8 Å². The Kier molecular flexibility index (Phi) is 5.60. The molecule has 5 rings (SSSR count). The third-order valence-corrected chi connectivity index (χ3v) is 5.06. The van der Waals surface area contributed by atoms with Gasteiger partial charge in [-0.2, -0.15) is 9.78 Å². The number of carbonyl (C=O) groups is 1. The summed E-state index contributed by atoms with van der Waals surface area (Å²) in [5, 5.41) is 18.1. The first-order chi connectivity index (χ1) is 16.6. The van der Waals surface area contributed by atoms with Crippen molar-refractivity contribution < 1.29 is 19.0 Å². The van der Waals surface area contributed by atoms with Crippen molar-refractivity contribution in [1.82, 2.24) is 30.0 Å². The average molecular weight is 461 g/mol. The summed E-state index contributed by atoms with van der Waals surface area (Å²) in [6.07, 6.45) is 1.43. The molecule has 0 saturated heterocycles. The summed E-state index contributed by atoms with van der Waals surface area (Å²) in [7, 11) is 1.50. The van der Waals surface area contributed by atoms with Crippen LogP contribution < -0.4 is 25.1 Å². The summed E-state index contributed by atoms with van der Waals surface area (Å²) >= 11 is 0. The summed E-state index contributed by atoms with van der Waals surface area (Å²) in [6, 6.07) is 13.4. The first-order valence-corrected chi connectivity index (χ1v) is 10.3. The number of amides is 1. The van der Waals surface area contributed by atoms with Gasteiger partial charge in [0.1, 0.15) is 37.5 Å². The van der Waals surface area contributed by atoms with Crippen molar-refractivity contribution in [3.05, 3.63) is 65.2 Å². The smallest absolute Gasteiger partial charge is 0.267 e. The van der Waals surface area contributed by atoms with Gasteiger partial charge in [-0.1, -0.05) is 0 Å². The van der Waals surface area contributed by atoms with Gasteiger partial charge in [0.15, 0.2) is 11.5 Å². The number of tetrazole rings is 1. The third-order valence-electron chi connectivity index (χ3n) is 5.06. The minimum Gasteiger partial charge on any atom is -0.494 e. The molecule has 4 aromatic rings. The summed E-state index contributed by atoms with van der Waals surface area (Å²) in [5.41, 5.74) is 1.95. The molecule has 34 heavy (non-hydrogen) atoms. The molecule has 0 bridgehead atoms. The highest BCUT2D eigenvalue weighted by molar-refractivity contribution is 5.91. The molecule has 3 heterocycles. The number of benzene rings is 2. The molecule has 12 heteroatoms. The zero-order chi connectivity index (χ0) is 23.5. The fraction of sp³-hybridized carbons (Fsp3) is 0.182. The molecule has 2 aromatic carbocycles. The van der Waals surface area contributed by atoms with E-state index in [0.29, 0.717) is 47.5 Å². The van der Waals surface area contributed by atoms with Gasteiger partial charge in [0.25, 0.3) is 5.56 Å². The normalized spacial score (nSPS) is 12.3. The minimum atomic E-state index is -0.425. The predicted octanol–water partition coefficient (Wildman–Crippen LogP) is 1.30. The van der Waals surface area contributed by atoms with Crippen LogP contribution in [0.3, 0.4) is 0 Å². The van der Waals surface area contributed by atoms with Gasteiger partial charge in [0.2, 0.25) is 5.91 Å². The van der Waals surface area contributed by atoms with E-state index < -0.39 is 11.5 Å². The lowest BCUT2D eigenvalue weighted by Crippen LogP contribution is -2.29. The summed E-state index contributed by atoms with van der Waals surface area (Å²) in [6.45, 7) is 0.691. The lowest BCUT2D eigenvalue weighted by molar-refractivity contribution is -0.117. The number of rotatable bonds is 6. The molecule has 1 aliphatic heterocycles. The number of fused-ring (bicyclic) bond motifs is 1. The molecule has 12 nitrogen and oxygen atoms in total. The van der Waals surface area contributed by atoms with E-state index in [9.17, 15) is 9.59 Å². The van der Waals surface area contributed by atoms with Crippen molar-refractivity contribution in [3.63, 3.8) is 0 Å². The summed E-state index contributed by atoms with van der Waals surface area (Å²) in [4.78, 5) is 25.0. The highest BCUT2D eigenvalue weighted by Gasteiger charge is 2.15. The molecule has 1 amide bonds. The lowest BCUT2D eigenvalue weighted by atomic mass is 10.1. The number of anilines is 1. The zero-order valence-electron chi connectivity index (χ0n) is 18.0. The molecule has 0 atom stereocenters. The zero-order valence-corrected chi connectivity index (χ0v) is 18.0. The van der Waals surface area contributed by atoms with E-state index in [2.05, 4.69) is 25.9 Å². The van der Waals surface area contributed by atoms with Gasteiger partial charge < -0.3 is 19.5 Å². The van der Waals surface area contributed by atoms with Gasteiger partial charge >= 0.3 is 0 Å². The number of carbonyl (C=O) groups excluding carboxylic acids is 1. The van der Waals surface area contributed by atoms with Crippen molar-refractivity contribution >= 4 is 11.6 Å². The van der Waals surface area contributed by atoms with Crippen LogP contribution in [0.2, 0.25) is 0 Å². The second-order valence-electron chi connectivity index (χ2n) is 7.26. The van der Waals surface area contributed by atoms with E-state index in [1.807, 2.05) is 6.07 Å². The summed E-state index contributed by atoms with van der Waals surface area (Å²) < 4.78 is 19.1. The van der Waals surface area contributed by atoms with E-state index >= 15 is 0 Å². The van der Waals surface area contributed by atoms with Gasteiger partial charge in [0.05, 0.1) is 12.8 Å². The van der Waals surface area contributed by atoms with Crippen LogP contribution in [0.4, 0.5) is 5.69 Å². The molecule has 0 fully saturated rings. The number of ether oxygens (including phenoxy) is 3. The van der Waals surface area contributed by atoms with E-state index in [1.165, 1.54) is 24.2 Å². The Hall–Kier alpha value is -4.74. The second kappa shape index (κ2) is 9.02. The molecule has 172 valence electrons. The Morgan fingerprint density at radius 3 is 2.74 bits per heavy atom. The number of methoxy groups -OCH3 is 1. The van der Waals surface area contributed by atoms with E-state index in [-0.39, 0.29) is 6.54 Å². The molecule has 1 N–H and O–H groups in total. The van der Waals surface area contributed by atoms with E-state index in [0.717, 1.165) is 10.2 Å². The standard InChI is InChI=1S/C22H19N7O5/c1-32-19-11-15(3-5-17(19)29-13-23-26-27-29)24-21(30)12-28-22(31)7-4-16(25-28)14-2-6-18-20(10-14)34-9-8-33-18/h2-7,10-11,13H,8-9,12H2,1H3,(H,24,30). The van der Waals surface area contributed by atoms with Gasteiger partial charge in [-0.25, -0.2) is 4.68 Å². The van der Waals surface area contributed by atoms with E-state index in [1.54, 1.807) is 36.4 Å². The summed E-state index contributed by atoms with van der Waals surface area (Å²) in [5.74, 6) is 1.30. The first kappa shape index (κ1) is 21.1. The van der Waals surface area contributed by atoms with Crippen LogP contribution in [0, 0.1) is 0 Å². The monoisotopic (exact) mass is 461 g/mol. The van der Waals surface area contributed by atoms with Crippen LogP contribution in [0.1, 0.15) is 0 Å². The number of nitrogens with zero attached hydrogens (tertiary/aromatic N) is 6. The van der Waals surface area contributed by atoms with Crippen LogP contribution in [0.5, 0.6) is 17.2 Å². The number of nitrogens with one attached hydrogen (secondary N) is 1. The van der Waals surface area contributed by atoms with Gasteiger partial charge in [0, 0.05) is 23.4 Å². The molecule has 2 aromatic heterocycles. The maximum atomic E-state index is 12.7. The molecule has 0 radical (unpaired) electrons. The molecular formula is C22H19N7O5. The molecule has 0 aliphatic carbocycles. The largest absolute Gasteiger partial charge is 0.494 e. The van der Waals surface area contributed by atoms with Crippen molar-refractivity contribution in [2.45, 2.75) is 6.54 Å². The highest BCUT2D eigenvalue weighted by atomic mass is 16.6. The van der Waals surface area contributed by atoms with Gasteiger partial charge in [-0.15, -0.1) is 5.10 Å². The third kappa shape index (κ3) is 4.28. The minimum absolute atomic E-state index is 0.270. The number of hydrogen-bond acceptors (Lipinski definition) is 9. The van der Waals surface area contributed by atoms with Crippen LogP contribution >= 0.6 is 0 Å². The van der Waals surface area contributed by atoms with E-state index in [4.69, 9.17) is 14.2 Å². The average Bonchev–Trinajstić information content (AvgIpc) is 3.40. The topological polar surface area (TPSA) is 135 Å². The molecule has 0 spiro atoms. The van der Waals surface area contributed by atoms with Crippen LogP contribution in [0.25, 0.3) is 16.9 Å². The molecule has 0 unspecified atom stereocenters. The Labute approximate surface area is 192 Å². The van der Waals surface area contributed by atoms with Crippen molar-refractivity contribution in [1.29, 1.82) is 0 Å². The lowest BCUT2D eigenvalue weighted by Gasteiger charge is -2.18. The van der Waals surface area contributed by atoms with Crippen LogP contribution in [-0.2, 0) is 11.3 Å². The maximum Gasteiger partial charge on any atom is 0.267 e. The Balaban J connectivity index is 1.34. The van der Waals surface area contributed by atoms with Crippen molar-refractivity contribution in [2.75, 3.05) is 25.6 Å². The predicted molar refractivity (Wildman–Crippen MR) is 119 cm³/mol. The van der Waals surface area contributed by atoms with Crippen LogP contribution in [0.15, 0.2) is 59.7 Å². The fourth-order valence-corrected chi connectivity index (χ4v) is 3.47.